The van der Waals surface area contributed by atoms with Gasteiger partial charge in [-0.3, -0.25) is 0 Å². The molecule has 1 aromatic rings. The lowest BCUT2D eigenvalue weighted by atomic mass is 10.1. The number of aliphatic hydroxyl groups is 1. The molecular weight excluding hydrogens is 219 g/mol. The monoisotopic (exact) mass is 236 g/mol. The molecule has 0 aliphatic heterocycles. The van der Waals surface area contributed by atoms with Crippen molar-refractivity contribution >= 4 is 5.69 Å². The van der Waals surface area contributed by atoms with Crippen LogP contribution in [0.3, 0.4) is 0 Å². The molecule has 0 fully saturated rings. The van der Waals surface area contributed by atoms with E-state index in [1.54, 1.807) is 31.0 Å². The summed E-state index contributed by atoms with van der Waals surface area (Å²) in [4.78, 5) is 1.70. The summed E-state index contributed by atoms with van der Waals surface area (Å²) in [5.74, 6) is -0.379. The molecule has 0 amide bonds. The highest BCUT2D eigenvalue weighted by Gasteiger charge is 2.19. The van der Waals surface area contributed by atoms with Gasteiger partial charge in [0.1, 0.15) is 5.82 Å². The van der Waals surface area contributed by atoms with Gasteiger partial charge in [0.2, 0.25) is 0 Å². The van der Waals surface area contributed by atoms with Crippen molar-refractivity contribution in [2.75, 3.05) is 11.9 Å². The summed E-state index contributed by atoms with van der Waals surface area (Å²) in [5.41, 5.74) is 0.905. The average Bonchev–Trinajstić information content (AvgIpc) is 2.28. The number of rotatable bonds is 4. The second kappa shape index (κ2) is 5.65. The molecule has 1 N–H and O–H groups in total. The van der Waals surface area contributed by atoms with Crippen LogP contribution in [0.5, 0.6) is 0 Å². The molecule has 1 unspecified atom stereocenters. The van der Waals surface area contributed by atoms with Gasteiger partial charge in [-0.25, -0.2) is 4.39 Å². The Labute approximate surface area is 101 Å². The maximum atomic E-state index is 13.8. The molecule has 0 saturated heterocycles. The van der Waals surface area contributed by atoms with Crippen molar-refractivity contribution in [2.24, 2.45) is 0 Å². The molecule has 17 heavy (non-hydrogen) atoms. The zero-order valence-corrected chi connectivity index (χ0v) is 10.3. The molecule has 92 valence electrons. The molecule has 0 saturated carbocycles. The van der Waals surface area contributed by atoms with Gasteiger partial charge in [-0.05, 0) is 19.9 Å². The first-order chi connectivity index (χ1) is 7.99. The Morgan fingerprint density at radius 3 is 2.65 bits per heavy atom. The molecule has 0 aliphatic carbocycles. The van der Waals surface area contributed by atoms with Gasteiger partial charge in [-0.1, -0.05) is 12.1 Å². The van der Waals surface area contributed by atoms with E-state index in [0.29, 0.717) is 17.7 Å². The van der Waals surface area contributed by atoms with Crippen molar-refractivity contribution in [3.8, 4) is 6.07 Å². The Morgan fingerprint density at radius 1 is 1.47 bits per heavy atom. The summed E-state index contributed by atoms with van der Waals surface area (Å²) in [6.07, 6.45) is -0.429. The number of para-hydroxylation sites is 1. The maximum Gasteiger partial charge on any atom is 0.146 e. The van der Waals surface area contributed by atoms with E-state index in [4.69, 9.17) is 5.26 Å². The van der Waals surface area contributed by atoms with Gasteiger partial charge in [-0.15, -0.1) is 0 Å². The van der Waals surface area contributed by atoms with Crippen LogP contribution in [0.1, 0.15) is 31.9 Å². The zero-order valence-electron chi connectivity index (χ0n) is 10.3. The molecule has 0 aliphatic rings. The lowest BCUT2D eigenvalue weighted by molar-refractivity contribution is 0.199. The topological polar surface area (TPSA) is 47.3 Å². The number of anilines is 1. The second-order valence-corrected chi connectivity index (χ2v) is 4.18. The van der Waals surface area contributed by atoms with E-state index in [1.807, 2.05) is 6.92 Å². The van der Waals surface area contributed by atoms with E-state index in [1.165, 1.54) is 6.07 Å². The van der Waals surface area contributed by atoms with Crippen molar-refractivity contribution in [1.29, 1.82) is 5.26 Å². The number of nitriles is 1. The van der Waals surface area contributed by atoms with Crippen LogP contribution in [0.15, 0.2) is 18.2 Å². The molecule has 2 atom stereocenters. The summed E-state index contributed by atoms with van der Waals surface area (Å²) in [5, 5.41) is 18.3. The Balaban J connectivity index is 3.16. The molecule has 1 aromatic carbocycles. The highest BCUT2D eigenvalue weighted by atomic mass is 19.1. The van der Waals surface area contributed by atoms with Crippen molar-refractivity contribution in [1.82, 2.24) is 0 Å². The summed E-state index contributed by atoms with van der Waals surface area (Å²) < 4.78 is 13.8. The van der Waals surface area contributed by atoms with Crippen molar-refractivity contribution < 1.29 is 9.50 Å². The van der Waals surface area contributed by atoms with Crippen LogP contribution in [0.2, 0.25) is 0 Å². The van der Waals surface area contributed by atoms with Crippen LogP contribution < -0.4 is 4.90 Å². The van der Waals surface area contributed by atoms with Gasteiger partial charge in [-0.2, -0.15) is 5.26 Å². The van der Waals surface area contributed by atoms with E-state index < -0.39 is 6.10 Å². The number of hydrogen-bond donors (Lipinski definition) is 1. The molecule has 1 rings (SSSR count). The predicted octanol–water partition coefficient (Wildman–Crippen LogP) is 2.62. The van der Waals surface area contributed by atoms with Gasteiger partial charge in [0.25, 0.3) is 0 Å². The summed E-state index contributed by atoms with van der Waals surface area (Å²) in [6, 6.07) is 6.58. The molecule has 0 radical (unpaired) electrons. The van der Waals surface area contributed by atoms with E-state index in [-0.39, 0.29) is 11.9 Å². The fourth-order valence-corrected chi connectivity index (χ4v) is 1.73. The van der Waals surface area contributed by atoms with Gasteiger partial charge in [0.15, 0.2) is 0 Å². The molecule has 0 heterocycles. The predicted molar refractivity (Wildman–Crippen MR) is 65.1 cm³/mol. The fourth-order valence-electron chi connectivity index (χ4n) is 1.73. The minimum Gasteiger partial charge on any atom is -0.389 e. The van der Waals surface area contributed by atoms with Gasteiger partial charge >= 0.3 is 0 Å². The van der Waals surface area contributed by atoms with Crippen molar-refractivity contribution in [3.05, 3.63) is 29.6 Å². The molecule has 0 aromatic heterocycles. The maximum absolute atomic E-state index is 13.8. The third-order valence-corrected chi connectivity index (χ3v) is 2.87. The molecule has 0 bridgehead atoms. The summed E-state index contributed by atoms with van der Waals surface area (Å²) >= 11 is 0. The minimum absolute atomic E-state index is 0.102. The average molecular weight is 236 g/mol. The number of halogens is 1. The van der Waals surface area contributed by atoms with Crippen molar-refractivity contribution in [3.63, 3.8) is 0 Å². The number of nitrogens with zero attached hydrogens (tertiary/aromatic N) is 2. The zero-order chi connectivity index (χ0) is 13.0. The lowest BCUT2D eigenvalue weighted by Gasteiger charge is -2.28. The van der Waals surface area contributed by atoms with Crippen LogP contribution >= 0.6 is 0 Å². The minimum atomic E-state index is -0.738. The number of benzene rings is 1. The van der Waals surface area contributed by atoms with Crippen LogP contribution in [0.4, 0.5) is 10.1 Å². The first-order valence-electron chi connectivity index (χ1n) is 5.55. The first-order valence-corrected chi connectivity index (χ1v) is 5.55. The van der Waals surface area contributed by atoms with E-state index in [9.17, 15) is 9.50 Å². The van der Waals surface area contributed by atoms with E-state index in [0.717, 1.165) is 0 Å². The number of aliphatic hydroxyl groups excluding tert-OH is 1. The van der Waals surface area contributed by atoms with E-state index >= 15 is 0 Å². The highest BCUT2D eigenvalue weighted by Crippen LogP contribution is 2.30. The van der Waals surface area contributed by atoms with Crippen molar-refractivity contribution in [2.45, 2.75) is 32.4 Å². The normalized spacial score (nSPS) is 13.9. The largest absolute Gasteiger partial charge is 0.389 e. The molecule has 3 nitrogen and oxygen atoms in total. The Bertz CT molecular complexity index is 426. The van der Waals surface area contributed by atoms with E-state index in [2.05, 4.69) is 6.07 Å². The Kier molecular flexibility index (Phi) is 4.47. The van der Waals surface area contributed by atoms with Crippen LogP contribution in [-0.2, 0) is 0 Å². The van der Waals surface area contributed by atoms with Gasteiger partial charge < -0.3 is 10.0 Å². The molecular formula is C13H17FN2O. The third-order valence-electron chi connectivity index (χ3n) is 2.87. The molecule has 4 heteroatoms. The summed E-state index contributed by atoms with van der Waals surface area (Å²) in [6.45, 7) is 3.45. The number of hydrogen-bond acceptors (Lipinski definition) is 3. The second-order valence-electron chi connectivity index (χ2n) is 4.18. The van der Waals surface area contributed by atoms with Gasteiger partial charge in [0, 0.05) is 18.7 Å². The molecule has 0 spiro atoms. The van der Waals surface area contributed by atoms with Crippen LogP contribution in [0, 0.1) is 17.1 Å². The van der Waals surface area contributed by atoms with Crippen LogP contribution in [0.25, 0.3) is 0 Å². The smallest absolute Gasteiger partial charge is 0.146 e. The lowest BCUT2D eigenvalue weighted by Crippen LogP contribution is -2.30. The summed E-state index contributed by atoms with van der Waals surface area (Å²) in [7, 11) is 1.73. The fraction of sp³-hybridized carbons (Fsp3) is 0.462. The standard InChI is InChI=1S/C13H17FN2O/c1-9(7-8-15)16(3)13-11(10(2)17)5-4-6-12(13)14/h4-6,9-10,17H,7H2,1-3H3/t9?,10-/m0/s1. The Hall–Kier alpha value is -1.60. The third kappa shape index (κ3) is 2.95. The van der Waals surface area contributed by atoms with Crippen LogP contribution in [-0.4, -0.2) is 18.2 Å². The Morgan fingerprint density at radius 2 is 2.12 bits per heavy atom. The quantitative estimate of drug-likeness (QED) is 0.874. The first kappa shape index (κ1) is 13.5. The van der Waals surface area contributed by atoms with Gasteiger partial charge in [0.05, 0.1) is 24.3 Å². The SMILES string of the molecule is CC(CC#N)N(C)c1c(F)cccc1[C@H](C)O. The highest BCUT2D eigenvalue weighted by molar-refractivity contribution is 5.56.